The van der Waals surface area contributed by atoms with Crippen molar-refractivity contribution in [2.75, 3.05) is 7.11 Å². The van der Waals surface area contributed by atoms with Gasteiger partial charge in [-0.05, 0) is 43.7 Å². The van der Waals surface area contributed by atoms with Crippen LogP contribution in [0, 0.1) is 13.8 Å². The molecule has 5 nitrogen and oxygen atoms in total. The molecule has 2 aromatic carbocycles. The van der Waals surface area contributed by atoms with Crippen LogP contribution < -0.4 is 4.74 Å². The Morgan fingerprint density at radius 3 is 2.24 bits per heavy atom. The molecule has 0 bridgehead atoms. The van der Waals surface area contributed by atoms with E-state index in [9.17, 15) is 10.2 Å². The highest BCUT2D eigenvalue weighted by molar-refractivity contribution is 6.00. The van der Waals surface area contributed by atoms with Crippen molar-refractivity contribution in [3.63, 3.8) is 0 Å². The number of phenolic OH excluding ortho intramolecular Hbond substituents is 2. The molecular formula is C16H15NO4. The van der Waals surface area contributed by atoms with Gasteiger partial charge in [0.2, 0.25) is 5.58 Å². The van der Waals surface area contributed by atoms with Gasteiger partial charge in [0.25, 0.3) is 0 Å². The number of aromatic hydroxyl groups is 2. The Hall–Kier alpha value is -2.69. The second-order valence-corrected chi connectivity index (χ2v) is 4.91. The second kappa shape index (κ2) is 4.70. The summed E-state index contributed by atoms with van der Waals surface area (Å²) in [6.07, 6.45) is 0. The third-order valence-corrected chi connectivity index (χ3v) is 3.78. The lowest BCUT2D eigenvalue weighted by Crippen LogP contribution is -1.87. The van der Waals surface area contributed by atoms with Gasteiger partial charge in [-0.2, -0.15) is 0 Å². The van der Waals surface area contributed by atoms with Gasteiger partial charge in [-0.15, -0.1) is 0 Å². The molecule has 0 unspecified atom stereocenters. The number of benzene rings is 2. The zero-order chi connectivity index (χ0) is 15.1. The number of hydrogen-bond donors (Lipinski definition) is 2. The van der Waals surface area contributed by atoms with Crippen molar-refractivity contribution in [3.05, 3.63) is 35.4 Å². The van der Waals surface area contributed by atoms with Crippen LogP contribution in [-0.4, -0.2) is 22.5 Å². The number of fused-ring (bicyclic) bond motifs is 1. The summed E-state index contributed by atoms with van der Waals surface area (Å²) >= 11 is 0. The van der Waals surface area contributed by atoms with E-state index >= 15 is 0 Å². The molecule has 108 valence electrons. The van der Waals surface area contributed by atoms with E-state index < -0.39 is 0 Å². The number of methoxy groups -OCH3 is 1. The molecule has 0 aliphatic carbocycles. The van der Waals surface area contributed by atoms with Crippen LogP contribution >= 0.6 is 0 Å². The Balaban J connectivity index is 2.29. The summed E-state index contributed by atoms with van der Waals surface area (Å²) in [5.74, 6) is 0.811. The minimum Gasteiger partial charge on any atom is -0.507 e. The van der Waals surface area contributed by atoms with Crippen LogP contribution in [-0.2, 0) is 0 Å². The maximum absolute atomic E-state index is 10.4. The molecule has 0 aliphatic rings. The lowest BCUT2D eigenvalue weighted by molar-refractivity contribution is 0.414. The van der Waals surface area contributed by atoms with Crippen molar-refractivity contribution < 1.29 is 19.5 Å². The molecular weight excluding hydrogens is 270 g/mol. The largest absolute Gasteiger partial charge is 0.507 e. The summed E-state index contributed by atoms with van der Waals surface area (Å²) in [4.78, 5) is 0. The summed E-state index contributed by atoms with van der Waals surface area (Å²) < 4.78 is 10.3. The van der Waals surface area contributed by atoms with Crippen LogP contribution in [0.2, 0.25) is 0 Å². The molecule has 1 heterocycles. The number of nitrogens with zero attached hydrogens (tertiary/aromatic N) is 1. The molecule has 0 saturated carbocycles. The third-order valence-electron chi connectivity index (χ3n) is 3.78. The summed E-state index contributed by atoms with van der Waals surface area (Å²) in [6, 6.07) is 7.24. The van der Waals surface area contributed by atoms with Crippen molar-refractivity contribution in [1.82, 2.24) is 5.16 Å². The van der Waals surface area contributed by atoms with Gasteiger partial charge in [-0.3, -0.25) is 0 Å². The average Bonchev–Trinajstić information content (AvgIpc) is 2.96. The lowest BCUT2D eigenvalue weighted by atomic mass is 10.0. The summed E-state index contributed by atoms with van der Waals surface area (Å²) in [5.41, 5.74) is 2.65. The molecule has 5 heteroatoms. The molecule has 0 aliphatic heterocycles. The third kappa shape index (κ3) is 1.89. The first-order chi connectivity index (χ1) is 10.0. The zero-order valence-electron chi connectivity index (χ0n) is 12.0. The van der Waals surface area contributed by atoms with Gasteiger partial charge in [-0.1, -0.05) is 5.16 Å². The predicted octanol–water partition coefficient (Wildman–Crippen LogP) is 3.53. The van der Waals surface area contributed by atoms with Gasteiger partial charge in [0.1, 0.15) is 17.2 Å². The summed E-state index contributed by atoms with van der Waals surface area (Å²) in [6.45, 7) is 3.47. The van der Waals surface area contributed by atoms with Crippen LogP contribution in [0.5, 0.6) is 17.2 Å². The van der Waals surface area contributed by atoms with E-state index in [0.717, 1.165) is 11.3 Å². The molecule has 0 saturated heterocycles. The van der Waals surface area contributed by atoms with E-state index in [1.807, 2.05) is 12.1 Å². The molecule has 1 aromatic heterocycles. The van der Waals surface area contributed by atoms with Crippen molar-refractivity contribution in [2.24, 2.45) is 0 Å². The zero-order valence-corrected chi connectivity index (χ0v) is 12.0. The Labute approximate surface area is 121 Å². The molecule has 3 aromatic rings. The monoisotopic (exact) mass is 285 g/mol. The molecule has 0 radical (unpaired) electrons. The topological polar surface area (TPSA) is 75.7 Å². The normalized spacial score (nSPS) is 11.0. The van der Waals surface area contributed by atoms with Gasteiger partial charge < -0.3 is 19.5 Å². The van der Waals surface area contributed by atoms with Crippen molar-refractivity contribution in [3.8, 4) is 28.5 Å². The van der Waals surface area contributed by atoms with E-state index in [-0.39, 0.29) is 17.1 Å². The Bertz CT molecular complexity index is 819. The molecule has 0 amide bonds. The smallest absolute Gasteiger partial charge is 0.213 e. The fraction of sp³-hybridized carbons (Fsp3) is 0.188. The molecule has 0 fully saturated rings. The van der Waals surface area contributed by atoms with Crippen LogP contribution in [0.25, 0.3) is 22.2 Å². The molecule has 0 atom stereocenters. The summed E-state index contributed by atoms with van der Waals surface area (Å²) in [7, 11) is 1.59. The first kappa shape index (κ1) is 13.3. The van der Waals surface area contributed by atoms with E-state index in [1.54, 1.807) is 33.1 Å². The highest BCUT2D eigenvalue weighted by Gasteiger charge is 2.22. The van der Waals surface area contributed by atoms with Gasteiger partial charge in [-0.25, -0.2) is 0 Å². The number of hydrogen-bond acceptors (Lipinski definition) is 5. The number of ether oxygens (including phenoxy) is 1. The standard InChI is InChI=1S/C16H15NO4/c1-8-9(2)15(19)16-12(14(8)18)13(17-21-16)10-4-6-11(20-3)7-5-10/h4-7,18-19H,1-3H3. The number of aromatic nitrogens is 1. The SMILES string of the molecule is COc1ccc(-c2noc3c(O)c(C)c(C)c(O)c23)cc1. The molecule has 3 rings (SSSR count). The highest BCUT2D eigenvalue weighted by Crippen LogP contribution is 2.43. The Kier molecular flexibility index (Phi) is 2.97. The quantitative estimate of drug-likeness (QED) is 0.704. The van der Waals surface area contributed by atoms with Gasteiger partial charge in [0.05, 0.1) is 12.5 Å². The summed E-state index contributed by atoms with van der Waals surface area (Å²) in [5, 5.41) is 24.9. The average molecular weight is 285 g/mol. The number of rotatable bonds is 2. The van der Waals surface area contributed by atoms with Gasteiger partial charge in [0, 0.05) is 11.1 Å². The lowest BCUT2D eigenvalue weighted by Gasteiger charge is -2.07. The molecule has 2 N–H and O–H groups in total. The van der Waals surface area contributed by atoms with Crippen LogP contribution in [0.3, 0.4) is 0 Å². The van der Waals surface area contributed by atoms with E-state index in [1.165, 1.54) is 0 Å². The second-order valence-electron chi connectivity index (χ2n) is 4.91. The minimum atomic E-state index is 0.00700. The Morgan fingerprint density at radius 2 is 1.62 bits per heavy atom. The van der Waals surface area contributed by atoms with Crippen molar-refractivity contribution >= 4 is 11.0 Å². The molecule has 0 spiro atoms. The fourth-order valence-corrected chi connectivity index (χ4v) is 2.33. The maximum Gasteiger partial charge on any atom is 0.213 e. The predicted molar refractivity (Wildman–Crippen MR) is 78.8 cm³/mol. The Morgan fingerprint density at radius 1 is 1.00 bits per heavy atom. The maximum atomic E-state index is 10.4. The highest BCUT2D eigenvalue weighted by atomic mass is 16.5. The van der Waals surface area contributed by atoms with Crippen LogP contribution in [0.1, 0.15) is 11.1 Å². The van der Waals surface area contributed by atoms with Crippen molar-refractivity contribution in [2.45, 2.75) is 13.8 Å². The fourth-order valence-electron chi connectivity index (χ4n) is 2.33. The van der Waals surface area contributed by atoms with E-state index in [4.69, 9.17) is 9.26 Å². The van der Waals surface area contributed by atoms with Gasteiger partial charge >= 0.3 is 0 Å². The van der Waals surface area contributed by atoms with Crippen molar-refractivity contribution in [1.29, 1.82) is 0 Å². The van der Waals surface area contributed by atoms with Crippen LogP contribution in [0.4, 0.5) is 0 Å². The number of phenols is 2. The first-order valence-electron chi connectivity index (χ1n) is 6.49. The molecule has 21 heavy (non-hydrogen) atoms. The first-order valence-corrected chi connectivity index (χ1v) is 6.49. The van der Waals surface area contributed by atoms with Crippen LogP contribution in [0.15, 0.2) is 28.8 Å². The minimum absolute atomic E-state index is 0.00700. The van der Waals surface area contributed by atoms with E-state index in [0.29, 0.717) is 22.2 Å². The van der Waals surface area contributed by atoms with E-state index in [2.05, 4.69) is 5.16 Å². The van der Waals surface area contributed by atoms with Gasteiger partial charge in [0.15, 0.2) is 5.75 Å².